The van der Waals surface area contributed by atoms with Gasteiger partial charge in [0, 0.05) is 56.8 Å². The van der Waals surface area contributed by atoms with Crippen molar-refractivity contribution in [2.45, 2.75) is 44.2 Å². The molecule has 2 fully saturated rings. The van der Waals surface area contributed by atoms with Crippen LogP contribution in [-0.4, -0.2) is 84.8 Å². The van der Waals surface area contributed by atoms with Crippen LogP contribution in [0.25, 0.3) is 28.2 Å². The molecule has 0 aliphatic carbocycles. The van der Waals surface area contributed by atoms with Gasteiger partial charge in [-0.1, -0.05) is 6.07 Å². The van der Waals surface area contributed by atoms with Crippen molar-refractivity contribution in [3.8, 4) is 34.5 Å². The number of nitriles is 1. The summed E-state index contributed by atoms with van der Waals surface area (Å²) in [5, 5.41) is 25.7. The van der Waals surface area contributed by atoms with Gasteiger partial charge in [-0.25, -0.2) is 23.7 Å². The summed E-state index contributed by atoms with van der Waals surface area (Å²) in [7, 11) is 0. The van der Waals surface area contributed by atoms with Crippen LogP contribution in [-0.2, 0) is 4.79 Å². The normalized spacial score (nSPS) is 17.3. The van der Waals surface area contributed by atoms with E-state index in [1.54, 1.807) is 39.9 Å². The van der Waals surface area contributed by atoms with Crippen LogP contribution in [0.15, 0.2) is 54.9 Å². The number of nitrogens with zero attached hydrogens (tertiary/aromatic N) is 7. The van der Waals surface area contributed by atoms with Gasteiger partial charge in [-0.05, 0) is 49.2 Å². The average molecular weight is 599 g/mol. The summed E-state index contributed by atoms with van der Waals surface area (Å²) in [4.78, 5) is 35.8. The van der Waals surface area contributed by atoms with Crippen molar-refractivity contribution in [1.29, 1.82) is 5.26 Å². The molecule has 226 valence electrons. The van der Waals surface area contributed by atoms with Gasteiger partial charge >= 0.3 is 6.09 Å². The Morgan fingerprint density at radius 1 is 1.07 bits per heavy atom. The number of hydrogen-bond acceptors (Lipinski definition) is 8. The number of halogens is 1. The van der Waals surface area contributed by atoms with Crippen LogP contribution >= 0.6 is 0 Å². The van der Waals surface area contributed by atoms with E-state index in [1.807, 2.05) is 30.5 Å². The summed E-state index contributed by atoms with van der Waals surface area (Å²) in [6.07, 6.45) is 4.82. The predicted octanol–water partition coefficient (Wildman–Crippen LogP) is 4.44. The molecule has 12 nitrogen and oxygen atoms in total. The van der Waals surface area contributed by atoms with E-state index >= 15 is 4.39 Å². The van der Waals surface area contributed by atoms with Gasteiger partial charge in [0.15, 0.2) is 17.5 Å². The molecular weight excluding hydrogens is 567 g/mol. The maximum atomic E-state index is 16.2. The number of anilines is 1. The van der Waals surface area contributed by atoms with Gasteiger partial charge in [0.25, 0.3) is 0 Å². The Bertz CT molecular complexity index is 1710. The number of carbonyl (C=O) groups is 2. The number of nitrogens with one attached hydrogen (secondary N) is 1. The first kappa shape index (κ1) is 28.9. The number of aromatic nitrogens is 4. The van der Waals surface area contributed by atoms with E-state index in [0.717, 1.165) is 5.52 Å². The molecule has 0 saturated carbocycles. The van der Waals surface area contributed by atoms with E-state index < -0.39 is 11.9 Å². The lowest BCUT2D eigenvalue weighted by molar-refractivity contribution is -0.131. The standard InChI is InChI=1S/C31H31FN8O4/c32-27-28(20-6-8-22(9-7-20)44-23-11-16-38(17-12-23)31(42)43)36-29(24-18-34-40-15-2-1-5-25(24)40)37-30(27)35-21-4-3-14-39(19-21)26(41)10-13-33/h1-2,5-9,15,18,21,23H,3-4,10-12,14,16-17,19H2,(H,42,43)(H,35,36,37). The van der Waals surface area contributed by atoms with Gasteiger partial charge in [0.2, 0.25) is 5.91 Å². The minimum atomic E-state index is -0.926. The summed E-state index contributed by atoms with van der Waals surface area (Å²) < 4.78 is 24.0. The van der Waals surface area contributed by atoms with Crippen LogP contribution in [0, 0.1) is 17.1 Å². The molecule has 6 rings (SSSR count). The molecule has 5 heterocycles. The molecule has 13 heteroatoms. The Kier molecular flexibility index (Phi) is 8.23. The van der Waals surface area contributed by atoms with E-state index in [2.05, 4.69) is 20.4 Å². The Labute approximate surface area is 252 Å². The highest BCUT2D eigenvalue weighted by Crippen LogP contribution is 2.32. The van der Waals surface area contributed by atoms with Crippen molar-refractivity contribution >= 4 is 23.3 Å². The monoisotopic (exact) mass is 598 g/mol. The molecule has 1 aromatic carbocycles. The molecule has 2 amide bonds. The highest BCUT2D eigenvalue weighted by atomic mass is 19.1. The lowest BCUT2D eigenvalue weighted by atomic mass is 10.0. The number of pyridine rings is 1. The molecule has 1 unspecified atom stereocenters. The summed E-state index contributed by atoms with van der Waals surface area (Å²) in [6.45, 7) is 1.72. The zero-order chi connectivity index (χ0) is 30.6. The molecule has 44 heavy (non-hydrogen) atoms. The zero-order valence-corrected chi connectivity index (χ0v) is 23.9. The SMILES string of the molecule is N#CCC(=O)N1CCCC(Nc2nc(-c3cnn4ccccc34)nc(-c3ccc(OC4CCN(C(=O)O)CC4)cc3)c2F)C1. The third-order valence-electron chi connectivity index (χ3n) is 8.01. The Hall–Kier alpha value is -5.25. The third kappa shape index (κ3) is 6.10. The molecule has 3 aromatic heterocycles. The first-order valence-electron chi connectivity index (χ1n) is 14.6. The minimum absolute atomic E-state index is 0.0189. The summed E-state index contributed by atoms with van der Waals surface area (Å²) in [5.74, 6) is 0.0433. The summed E-state index contributed by atoms with van der Waals surface area (Å²) >= 11 is 0. The zero-order valence-electron chi connectivity index (χ0n) is 23.9. The maximum absolute atomic E-state index is 16.2. The number of rotatable bonds is 7. The van der Waals surface area contributed by atoms with Gasteiger partial charge in [0.1, 0.15) is 24.0 Å². The third-order valence-corrected chi connectivity index (χ3v) is 8.01. The minimum Gasteiger partial charge on any atom is -0.490 e. The molecule has 0 spiro atoms. The Balaban J connectivity index is 1.29. The maximum Gasteiger partial charge on any atom is 0.407 e. The van der Waals surface area contributed by atoms with Crippen LogP contribution in [0.4, 0.5) is 15.0 Å². The molecular formula is C31H31FN8O4. The number of fused-ring (bicyclic) bond motifs is 1. The number of piperidine rings is 2. The van der Waals surface area contributed by atoms with Crippen LogP contribution in [0.3, 0.4) is 0 Å². The molecule has 2 N–H and O–H groups in total. The van der Waals surface area contributed by atoms with Crippen LogP contribution in [0.5, 0.6) is 5.75 Å². The van der Waals surface area contributed by atoms with Gasteiger partial charge < -0.3 is 25.0 Å². The number of carbonyl (C=O) groups excluding carboxylic acids is 1. The molecule has 2 aliphatic heterocycles. The van der Waals surface area contributed by atoms with E-state index in [1.165, 1.54) is 4.90 Å². The van der Waals surface area contributed by atoms with Crippen molar-refractivity contribution in [1.82, 2.24) is 29.4 Å². The highest BCUT2D eigenvalue weighted by Gasteiger charge is 2.27. The lowest BCUT2D eigenvalue weighted by Crippen LogP contribution is -2.45. The second-order valence-electron chi connectivity index (χ2n) is 10.9. The topological polar surface area (TPSA) is 149 Å². The second kappa shape index (κ2) is 12.5. The van der Waals surface area contributed by atoms with Crippen LogP contribution in [0.1, 0.15) is 32.1 Å². The van der Waals surface area contributed by atoms with Crippen molar-refractivity contribution in [3.63, 3.8) is 0 Å². The molecule has 0 radical (unpaired) electrons. The molecule has 4 aromatic rings. The molecule has 0 bridgehead atoms. The highest BCUT2D eigenvalue weighted by molar-refractivity contribution is 5.79. The van der Waals surface area contributed by atoms with E-state index in [-0.39, 0.29) is 36.0 Å². The fraction of sp³-hybridized carbons (Fsp3) is 0.355. The van der Waals surface area contributed by atoms with Gasteiger partial charge in [-0.2, -0.15) is 10.4 Å². The quantitative estimate of drug-likeness (QED) is 0.315. The number of carboxylic acid groups (broad SMARTS) is 1. The Morgan fingerprint density at radius 3 is 2.61 bits per heavy atom. The van der Waals surface area contributed by atoms with Crippen molar-refractivity contribution in [2.24, 2.45) is 0 Å². The number of likely N-dealkylation sites (tertiary alicyclic amines) is 2. The smallest absolute Gasteiger partial charge is 0.407 e. The van der Waals surface area contributed by atoms with Crippen molar-refractivity contribution < 1.29 is 23.8 Å². The van der Waals surface area contributed by atoms with Gasteiger partial charge in [0.05, 0.1) is 23.3 Å². The van der Waals surface area contributed by atoms with Gasteiger partial charge in [-0.15, -0.1) is 0 Å². The van der Waals surface area contributed by atoms with E-state index in [9.17, 15) is 14.7 Å². The largest absolute Gasteiger partial charge is 0.490 e. The number of ether oxygens (including phenoxy) is 1. The van der Waals surface area contributed by atoms with Crippen molar-refractivity contribution in [2.75, 3.05) is 31.5 Å². The Morgan fingerprint density at radius 2 is 1.86 bits per heavy atom. The summed E-state index contributed by atoms with van der Waals surface area (Å²) in [6, 6.07) is 14.2. The fourth-order valence-corrected chi connectivity index (χ4v) is 5.70. The van der Waals surface area contributed by atoms with E-state index in [0.29, 0.717) is 74.6 Å². The van der Waals surface area contributed by atoms with E-state index in [4.69, 9.17) is 10.00 Å². The molecule has 2 saturated heterocycles. The fourth-order valence-electron chi connectivity index (χ4n) is 5.70. The lowest BCUT2D eigenvalue weighted by Gasteiger charge is -2.33. The number of benzene rings is 1. The number of hydrogen-bond donors (Lipinski definition) is 2. The molecule has 2 aliphatic rings. The van der Waals surface area contributed by atoms with Crippen LogP contribution in [0.2, 0.25) is 0 Å². The first-order valence-corrected chi connectivity index (χ1v) is 14.6. The number of amides is 2. The van der Waals surface area contributed by atoms with Gasteiger partial charge in [-0.3, -0.25) is 4.79 Å². The molecule has 1 atom stereocenters. The second-order valence-corrected chi connectivity index (χ2v) is 10.9. The van der Waals surface area contributed by atoms with Crippen molar-refractivity contribution in [3.05, 3.63) is 60.7 Å². The predicted molar refractivity (Wildman–Crippen MR) is 158 cm³/mol. The summed E-state index contributed by atoms with van der Waals surface area (Å²) in [5.41, 5.74) is 2.02. The van der Waals surface area contributed by atoms with Crippen LogP contribution < -0.4 is 10.1 Å². The average Bonchev–Trinajstić information content (AvgIpc) is 3.47. The first-order chi connectivity index (χ1) is 21.4.